The molecule has 110 valence electrons. The van der Waals surface area contributed by atoms with Crippen LogP contribution in [0.1, 0.15) is 37.8 Å². The van der Waals surface area contributed by atoms with Crippen molar-refractivity contribution in [2.75, 3.05) is 0 Å². The summed E-state index contributed by atoms with van der Waals surface area (Å²) in [7, 11) is 0. The van der Waals surface area contributed by atoms with E-state index in [4.69, 9.17) is 0 Å². The van der Waals surface area contributed by atoms with Gasteiger partial charge in [0.15, 0.2) is 0 Å². The smallest absolute Gasteiger partial charge is 0.416 e. The molecule has 1 aromatic rings. The summed E-state index contributed by atoms with van der Waals surface area (Å²) in [6.45, 7) is 4.01. The first-order valence-electron chi connectivity index (χ1n) is 6.58. The summed E-state index contributed by atoms with van der Waals surface area (Å²) >= 11 is 0. The predicted octanol–water partition coefficient (Wildman–Crippen LogP) is 4.09. The topological polar surface area (TPSA) is 37.3 Å². The molecule has 0 spiro atoms. The summed E-state index contributed by atoms with van der Waals surface area (Å²) < 4.78 is 38.2. The normalized spacial score (nSPS) is 26.4. The van der Waals surface area contributed by atoms with Gasteiger partial charge in [-0.25, -0.2) is 0 Å². The number of carboxylic acids is 1. The van der Waals surface area contributed by atoms with Gasteiger partial charge in [0.1, 0.15) is 0 Å². The molecule has 0 saturated heterocycles. The third-order valence-electron chi connectivity index (χ3n) is 4.32. The average Bonchev–Trinajstić information content (AvgIpc) is 2.25. The largest absolute Gasteiger partial charge is 0.481 e. The zero-order valence-electron chi connectivity index (χ0n) is 11.4. The third-order valence-corrected chi connectivity index (χ3v) is 4.32. The van der Waals surface area contributed by atoms with E-state index < -0.39 is 23.1 Å². The standard InChI is InChI=1S/C15H17F3O2/c1-9(2)10-7-14(8-10,13(19)20)11-4-3-5-12(6-11)15(16,17)18/h3-6,9-10H,7-8H2,1-2H3,(H,19,20). The highest BCUT2D eigenvalue weighted by Crippen LogP contribution is 2.51. The van der Waals surface area contributed by atoms with Crippen molar-refractivity contribution < 1.29 is 23.1 Å². The van der Waals surface area contributed by atoms with Crippen molar-refractivity contribution in [1.29, 1.82) is 0 Å². The monoisotopic (exact) mass is 286 g/mol. The predicted molar refractivity (Wildman–Crippen MR) is 68.3 cm³/mol. The molecule has 0 heterocycles. The Morgan fingerprint density at radius 3 is 2.40 bits per heavy atom. The number of halogens is 3. The fourth-order valence-electron chi connectivity index (χ4n) is 2.83. The first-order valence-corrected chi connectivity index (χ1v) is 6.58. The molecule has 0 radical (unpaired) electrons. The summed E-state index contributed by atoms with van der Waals surface area (Å²) in [6.07, 6.45) is -3.64. The highest BCUT2D eigenvalue weighted by molar-refractivity contribution is 5.83. The number of aliphatic carboxylic acids is 1. The van der Waals surface area contributed by atoms with E-state index in [1.807, 2.05) is 13.8 Å². The second-order valence-corrected chi connectivity index (χ2v) is 5.88. The highest BCUT2D eigenvalue weighted by atomic mass is 19.4. The number of rotatable bonds is 3. The van der Waals surface area contributed by atoms with Gasteiger partial charge in [-0.05, 0) is 36.3 Å². The van der Waals surface area contributed by atoms with Gasteiger partial charge in [-0.15, -0.1) is 0 Å². The van der Waals surface area contributed by atoms with E-state index in [0.29, 0.717) is 18.8 Å². The maximum Gasteiger partial charge on any atom is 0.416 e. The van der Waals surface area contributed by atoms with Crippen molar-refractivity contribution in [2.45, 2.75) is 38.3 Å². The fourth-order valence-corrected chi connectivity index (χ4v) is 2.83. The molecule has 0 aliphatic heterocycles. The molecule has 0 unspecified atom stereocenters. The number of alkyl halides is 3. The van der Waals surface area contributed by atoms with E-state index in [1.54, 1.807) is 0 Å². The van der Waals surface area contributed by atoms with E-state index in [2.05, 4.69) is 0 Å². The van der Waals surface area contributed by atoms with Crippen LogP contribution in [-0.4, -0.2) is 11.1 Å². The lowest BCUT2D eigenvalue weighted by Gasteiger charge is -2.47. The Hall–Kier alpha value is -1.52. The molecule has 0 bridgehead atoms. The van der Waals surface area contributed by atoms with Gasteiger partial charge in [-0.2, -0.15) is 13.2 Å². The van der Waals surface area contributed by atoms with Crippen LogP contribution in [0.5, 0.6) is 0 Å². The van der Waals surface area contributed by atoms with Gasteiger partial charge in [0.2, 0.25) is 0 Å². The molecule has 1 saturated carbocycles. The summed E-state index contributed by atoms with van der Waals surface area (Å²) in [5.74, 6) is -0.442. The van der Waals surface area contributed by atoms with E-state index in [-0.39, 0.29) is 11.5 Å². The maximum atomic E-state index is 12.7. The van der Waals surface area contributed by atoms with Crippen LogP contribution in [0.3, 0.4) is 0 Å². The number of hydrogen-bond donors (Lipinski definition) is 1. The second-order valence-electron chi connectivity index (χ2n) is 5.88. The molecule has 2 nitrogen and oxygen atoms in total. The number of benzene rings is 1. The Bertz CT molecular complexity index is 514. The molecular weight excluding hydrogens is 269 g/mol. The van der Waals surface area contributed by atoms with Crippen molar-refractivity contribution in [2.24, 2.45) is 11.8 Å². The Kier molecular flexibility index (Phi) is 3.56. The Morgan fingerprint density at radius 2 is 1.95 bits per heavy atom. The van der Waals surface area contributed by atoms with Gasteiger partial charge in [0, 0.05) is 0 Å². The minimum Gasteiger partial charge on any atom is -0.481 e. The van der Waals surface area contributed by atoms with Gasteiger partial charge >= 0.3 is 12.1 Å². The highest BCUT2D eigenvalue weighted by Gasteiger charge is 2.52. The van der Waals surface area contributed by atoms with Crippen LogP contribution in [0.25, 0.3) is 0 Å². The molecule has 1 N–H and O–H groups in total. The van der Waals surface area contributed by atoms with E-state index >= 15 is 0 Å². The lowest BCUT2D eigenvalue weighted by Crippen LogP contribution is -2.49. The SMILES string of the molecule is CC(C)C1CC(C(=O)O)(c2cccc(C(F)(F)F)c2)C1. The lowest BCUT2D eigenvalue weighted by molar-refractivity contribution is -0.151. The van der Waals surface area contributed by atoms with Crippen LogP contribution in [0.4, 0.5) is 13.2 Å². The number of hydrogen-bond acceptors (Lipinski definition) is 1. The minimum atomic E-state index is -4.45. The molecule has 0 aromatic heterocycles. The van der Waals surface area contributed by atoms with Gasteiger partial charge in [0.25, 0.3) is 0 Å². The van der Waals surface area contributed by atoms with Crippen LogP contribution < -0.4 is 0 Å². The first kappa shape index (κ1) is 14.9. The van der Waals surface area contributed by atoms with Gasteiger partial charge in [-0.3, -0.25) is 4.79 Å². The van der Waals surface area contributed by atoms with Crippen molar-refractivity contribution in [1.82, 2.24) is 0 Å². The molecule has 1 aromatic carbocycles. The second kappa shape index (κ2) is 4.79. The third kappa shape index (κ3) is 2.41. The van der Waals surface area contributed by atoms with Crippen LogP contribution in [0.15, 0.2) is 24.3 Å². The molecule has 0 atom stereocenters. The van der Waals surface area contributed by atoms with Crippen LogP contribution >= 0.6 is 0 Å². The van der Waals surface area contributed by atoms with E-state index in [9.17, 15) is 23.1 Å². The summed E-state index contributed by atoms with van der Waals surface area (Å²) in [5, 5.41) is 9.45. The molecule has 0 amide bonds. The van der Waals surface area contributed by atoms with Crippen LogP contribution in [0, 0.1) is 11.8 Å². The molecule has 1 fully saturated rings. The Morgan fingerprint density at radius 1 is 1.35 bits per heavy atom. The van der Waals surface area contributed by atoms with E-state index in [1.165, 1.54) is 12.1 Å². The van der Waals surface area contributed by atoms with E-state index in [0.717, 1.165) is 12.1 Å². The lowest BCUT2D eigenvalue weighted by atomic mass is 9.56. The van der Waals surface area contributed by atoms with Crippen molar-refractivity contribution in [3.63, 3.8) is 0 Å². The summed E-state index contributed by atoms with van der Waals surface area (Å²) in [4.78, 5) is 11.6. The Labute approximate surface area is 115 Å². The van der Waals surface area contributed by atoms with Crippen molar-refractivity contribution >= 4 is 5.97 Å². The zero-order chi connectivity index (χ0) is 15.1. The fraction of sp³-hybridized carbons (Fsp3) is 0.533. The molecular formula is C15H17F3O2. The number of carboxylic acid groups (broad SMARTS) is 1. The quantitative estimate of drug-likeness (QED) is 0.908. The van der Waals surface area contributed by atoms with Crippen molar-refractivity contribution in [3.05, 3.63) is 35.4 Å². The molecule has 1 aliphatic rings. The zero-order valence-corrected chi connectivity index (χ0v) is 11.4. The molecule has 2 rings (SSSR count). The number of carbonyl (C=O) groups is 1. The Balaban J connectivity index is 2.36. The van der Waals surface area contributed by atoms with Gasteiger partial charge in [-0.1, -0.05) is 32.0 Å². The molecule has 1 aliphatic carbocycles. The van der Waals surface area contributed by atoms with Crippen LogP contribution in [-0.2, 0) is 16.4 Å². The van der Waals surface area contributed by atoms with Crippen molar-refractivity contribution in [3.8, 4) is 0 Å². The average molecular weight is 286 g/mol. The van der Waals surface area contributed by atoms with Gasteiger partial charge in [0.05, 0.1) is 11.0 Å². The molecule has 5 heteroatoms. The summed E-state index contributed by atoms with van der Waals surface area (Å²) in [6, 6.07) is 4.72. The molecule has 20 heavy (non-hydrogen) atoms. The summed E-state index contributed by atoms with van der Waals surface area (Å²) in [5.41, 5.74) is -1.68. The minimum absolute atomic E-state index is 0.251. The van der Waals surface area contributed by atoms with Crippen LogP contribution in [0.2, 0.25) is 0 Å². The first-order chi connectivity index (χ1) is 9.17. The van der Waals surface area contributed by atoms with Gasteiger partial charge < -0.3 is 5.11 Å². The maximum absolute atomic E-state index is 12.7.